The summed E-state index contributed by atoms with van der Waals surface area (Å²) in [6, 6.07) is 1.23. The van der Waals surface area contributed by atoms with Gasteiger partial charge in [0, 0.05) is 6.20 Å². The van der Waals surface area contributed by atoms with Crippen molar-refractivity contribution in [1.82, 2.24) is 4.98 Å². The van der Waals surface area contributed by atoms with Crippen LogP contribution in [0.25, 0.3) is 0 Å². The number of primary amides is 1. The molecule has 0 radical (unpaired) electrons. The Morgan fingerprint density at radius 2 is 2.14 bits per heavy atom. The number of nitrogens with two attached hydrogens (primary N) is 2. The van der Waals surface area contributed by atoms with E-state index in [1.807, 2.05) is 0 Å². The van der Waals surface area contributed by atoms with Crippen LogP contribution in [0.15, 0.2) is 23.4 Å². The zero-order valence-corrected chi connectivity index (χ0v) is 7.99. The van der Waals surface area contributed by atoms with Crippen molar-refractivity contribution in [2.75, 3.05) is 11.5 Å². The van der Waals surface area contributed by atoms with Gasteiger partial charge in [-0.05, 0) is 6.07 Å². The van der Waals surface area contributed by atoms with E-state index in [1.165, 1.54) is 18.5 Å². The number of hydrogen-bond donors (Lipinski definition) is 2. The zero-order valence-electron chi connectivity index (χ0n) is 7.17. The average molecular weight is 215 g/mol. The molecule has 1 amide bonds. The number of nitrogens with zero attached hydrogens (tertiary/aromatic N) is 1. The van der Waals surface area contributed by atoms with Crippen molar-refractivity contribution in [3.05, 3.63) is 18.5 Å². The number of hydrogen-bond acceptors (Lipinski definition) is 5. The molecule has 0 saturated carbocycles. The molecular weight excluding hydrogens is 206 g/mol. The molecule has 1 aromatic rings. The highest BCUT2D eigenvalue weighted by molar-refractivity contribution is 7.92. The highest BCUT2D eigenvalue weighted by Gasteiger charge is 2.19. The van der Waals surface area contributed by atoms with Crippen LogP contribution in [0.3, 0.4) is 0 Å². The van der Waals surface area contributed by atoms with E-state index < -0.39 is 21.5 Å². The van der Waals surface area contributed by atoms with Crippen molar-refractivity contribution in [3.8, 4) is 0 Å². The molecule has 0 bridgehead atoms. The van der Waals surface area contributed by atoms with Gasteiger partial charge in [-0.15, -0.1) is 0 Å². The number of pyridine rings is 1. The molecule has 1 aromatic heterocycles. The molecule has 0 aromatic carbocycles. The minimum absolute atomic E-state index is 0.00810. The van der Waals surface area contributed by atoms with Crippen LogP contribution >= 0.6 is 0 Å². The van der Waals surface area contributed by atoms with E-state index in [4.69, 9.17) is 11.5 Å². The monoisotopic (exact) mass is 215 g/mol. The van der Waals surface area contributed by atoms with E-state index in [0.717, 1.165) is 0 Å². The van der Waals surface area contributed by atoms with Gasteiger partial charge in [0.2, 0.25) is 5.91 Å². The smallest absolute Gasteiger partial charge is 0.233 e. The predicted octanol–water partition coefficient (Wildman–Crippen LogP) is -1.08. The maximum absolute atomic E-state index is 11.5. The van der Waals surface area contributed by atoms with E-state index in [1.54, 1.807) is 0 Å². The van der Waals surface area contributed by atoms with Gasteiger partial charge in [0.25, 0.3) is 0 Å². The summed E-state index contributed by atoms with van der Waals surface area (Å²) in [6.07, 6.45) is 2.48. The second kappa shape index (κ2) is 3.62. The van der Waals surface area contributed by atoms with Crippen molar-refractivity contribution < 1.29 is 13.2 Å². The first kappa shape index (κ1) is 10.5. The maximum Gasteiger partial charge on any atom is 0.233 e. The number of carbonyl (C=O) groups excluding carboxylic acids is 1. The third kappa shape index (κ3) is 2.19. The second-order valence-electron chi connectivity index (χ2n) is 2.64. The van der Waals surface area contributed by atoms with Gasteiger partial charge >= 0.3 is 0 Å². The molecule has 7 heteroatoms. The Balaban J connectivity index is 3.17. The van der Waals surface area contributed by atoms with E-state index >= 15 is 0 Å². The Kier molecular flexibility index (Phi) is 2.70. The van der Waals surface area contributed by atoms with Crippen LogP contribution in [0, 0.1) is 0 Å². The average Bonchev–Trinajstić information content (AvgIpc) is 2.02. The molecule has 0 aliphatic carbocycles. The van der Waals surface area contributed by atoms with Crippen LogP contribution in [0.5, 0.6) is 0 Å². The fourth-order valence-corrected chi connectivity index (χ4v) is 2.15. The topological polar surface area (TPSA) is 116 Å². The SMILES string of the molecule is NC(=O)CS(=O)(=O)c1ccncc1N. The number of amides is 1. The molecule has 4 N–H and O–H groups in total. The number of aromatic nitrogens is 1. The number of carbonyl (C=O) groups is 1. The van der Waals surface area contributed by atoms with Gasteiger partial charge in [-0.1, -0.05) is 0 Å². The quantitative estimate of drug-likeness (QED) is 0.665. The third-order valence-electron chi connectivity index (χ3n) is 1.48. The lowest BCUT2D eigenvalue weighted by atomic mass is 10.4. The van der Waals surface area contributed by atoms with Gasteiger partial charge in [0.1, 0.15) is 5.75 Å². The molecule has 0 aliphatic heterocycles. The van der Waals surface area contributed by atoms with Gasteiger partial charge in [0.15, 0.2) is 9.84 Å². The van der Waals surface area contributed by atoms with Crippen LogP contribution in [-0.4, -0.2) is 25.1 Å². The van der Waals surface area contributed by atoms with E-state index in [2.05, 4.69) is 4.98 Å². The lowest BCUT2D eigenvalue weighted by Gasteiger charge is -2.03. The van der Waals surface area contributed by atoms with Crippen LogP contribution in [0.2, 0.25) is 0 Å². The van der Waals surface area contributed by atoms with Gasteiger partial charge in [0.05, 0.1) is 16.8 Å². The first-order valence-electron chi connectivity index (χ1n) is 3.64. The number of rotatable bonds is 3. The maximum atomic E-state index is 11.5. The summed E-state index contributed by atoms with van der Waals surface area (Å²) in [7, 11) is -3.73. The summed E-state index contributed by atoms with van der Waals surface area (Å²) >= 11 is 0. The van der Waals surface area contributed by atoms with Gasteiger partial charge in [-0.25, -0.2) is 8.42 Å². The van der Waals surface area contributed by atoms with Gasteiger partial charge in [-0.3, -0.25) is 9.78 Å². The summed E-state index contributed by atoms with van der Waals surface area (Å²) in [5.41, 5.74) is 10.2. The standard InChI is InChI=1S/C7H9N3O3S/c8-5-3-10-2-1-6(5)14(12,13)4-7(9)11/h1-3H,4,8H2,(H2,9,11). The van der Waals surface area contributed by atoms with Crippen molar-refractivity contribution in [3.63, 3.8) is 0 Å². The van der Waals surface area contributed by atoms with E-state index in [9.17, 15) is 13.2 Å². The molecule has 76 valence electrons. The molecule has 14 heavy (non-hydrogen) atoms. The lowest BCUT2D eigenvalue weighted by Crippen LogP contribution is -2.23. The minimum Gasteiger partial charge on any atom is -0.396 e. The molecule has 0 spiro atoms. The molecule has 1 rings (SSSR count). The summed E-state index contributed by atoms with van der Waals surface area (Å²) < 4.78 is 22.9. The first-order valence-corrected chi connectivity index (χ1v) is 5.29. The summed E-state index contributed by atoms with van der Waals surface area (Å²) in [5, 5.41) is 0. The minimum atomic E-state index is -3.73. The Morgan fingerprint density at radius 3 is 2.64 bits per heavy atom. The first-order chi connectivity index (χ1) is 6.43. The Labute approximate surface area is 80.8 Å². The summed E-state index contributed by atoms with van der Waals surface area (Å²) in [5.74, 6) is -1.66. The predicted molar refractivity (Wildman–Crippen MR) is 49.9 cm³/mol. The fourth-order valence-electron chi connectivity index (χ4n) is 0.942. The fraction of sp³-hybridized carbons (Fsp3) is 0.143. The van der Waals surface area contributed by atoms with Crippen molar-refractivity contribution >= 4 is 21.4 Å². The largest absolute Gasteiger partial charge is 0.396 e. The lowest BCUT2D eigenvalue weighted by molar-refractivity contribution is -0.115. The van der Waals surface area contributed by atoms with Gasteiger partial charge < -0.3 is 11.5 Å². The Bertz CT molecular complexity index is 455. The normalized spacial score (nSPS) is 11.1. The molecule has 0 fully saturated rings. The second-order valence-corrected chi connectivity index (χ2v) is 4.60. The summed E-state index contributed by atoms with van der Waals surface area (Å²) in [6.45, 7) is 0. The Morgan fingerprint density at radius 1 is 1.50 bits per heavy atom. The van der Waals surface area contributed by atoms with Crippen LogP contribution in [-0.2, 0) is 14.6 Å². The number of sulfone groups is 1. The van der Waals surface area contributed by atoms with E-state index in [-0.39, 0.29) is 10.6 Å². The third-order valence-corrected chi connectivity index (χ3v) is 3.18. The van der Waals surface area contributed by atoms with Crippen LogP contribution < -0.4 is 11.5 Å². The molecule has 0 saturated heterocycles. The van der Waals surface area contributed by atoms with Crippen LogP contribution in [0.1, 0.15) is 0 Å². The number of anilines is 1. The molecule has 1 heterocycles. The van der Waals surface area contributed by atoms with Crippen molar-refractivity contribution in [1.29, 1.82) is 0 Å². The molecule has 0 atom stereocenters. The number of nitrogen functional groups attached to an aromatic ring is 1. The van der Waals surface area contributed by atoms with Gasteiger partial charge in [-0.2, -0.15) is 0 Å². The molecular formula is C7H9N3O3S. The molecule has 6 nitrogen and oxygen atoms in total. The highest BCUT2D eigenvalue weighted by atomic mass is 32.2. The van der Waals surface area contributed by atoms with Crippen molar-refractivity contribution in [2.24, 2.45) is 5.73 Å². The Hall–Kier alpha value is -1.63. The summed E-state index contributed by atoms with van der Waals surface area (Å²) in [4.78, 5) is 14.0. The van der Waals surface area contributed by atoms with E-state index in [0.29, 0.717) is 0 Å². The van der Waals surface area contributed by atoms with Crippen molar-refractivity contribution in [2.45, 2.75) is 4.90 Å². The highest BCUT2D eigenvalue weighted by Crippen LogP contribution is 2.16. The van der Waals surface area contributed by atoms with Crippen LogP contribution in [0.4, 0.5) is 5.69 Å². The zero-order chi connectivity index (χ0) is 10.8. The molecule has 0 aliphatic rings. The molecule has 0 unspecified atom stereocenters.